The van der Waals surface area contributed by atoms with Crippen molar-refractivity contribution in [3.63, 3.8) is 0 Å². The molecule has 0 unspecified atom stereocenters. The van der Waals surface area contributed by atoms with E-state index in [-0.39, 0.29) is 11.4 Å². The molecule has 0 atom stereocenters. The summed E-state index contributed by atoms with van der Waals surface area (Å²) in [4.78, 5) is 11.6. The maximum absolute atomic E-state index is 11.6. The molecule has 1 aliphatic rings. The molecule has 1 N–H and O–H groups in total. The number of nitrogens with one attached hydrogen (secondary N) is 1. The Hall–Kier alpha value is -1.35. The summed E-state index contributed by atoms with van der Waals surface area (Å²) in [5, 5.41) is 3.39. The van der Waals surface area contributed by atoms with E-state index in [1.54, 1.807) is 0 Å². The fourth-order valence-corrected chi connectivity index (χ4v) is 2.25. The van der Waals surface area contributed by atoms with E-state index in [9.17, 15) is 4.79 Å². The van der Waals surface area contributed by atoms with Gasteiger partial charge in [0.25, 0.3) is 0 Å². The van der Waals surface area contributed by atoms with E-state index in [4.69, 9.17) is 4.74 Å². The van der Waals surface area contributed by atoms with Crippen molar-refractivity contribution in [2.24, 2.45) is 5.41 Å². The van der Waals surface area contributed by atoms with Gasteiger partial charge in [0.2, 0.25) is 0 Å². The number of methoxy groups -OCH3 is 1. The second-order valence-electron chi connectivity index (χ2n) is 5.31. The van der Waals surface area contributed by atoms with Crippen LogP contribution in [0.15, 0.2) is 18.2 Å². The summed E-state index contributed by atoms with van der Waals surface area (Å²) in [5.74, 6) is -0.0732. The molecule has 1 aromatic carbocycles. The van der Waals surface area contributed by atoms with E-state index in [2.05, 4.69) is 37.4 Å². The van der Waals surface area contributed by atoms with Crippen LogP contribution in [0.2, 0.25) is 0 Å². The van der Waals surface area contributed by atoms with Gasteiger partial charge in [-0.05, 0) is 37.8 Å². The van der Waals surface area contributed by atoms with Crippen LogP contribution in [0.25, 0.3) is 0 Å². The van der Waals surface area contributed by atoms with Gasteiger partial charge in [0.05, 0.1) is 12.5 Å². The van der Waals surface area contributed by atoms with Gasteiger partial charge in [-0.25, -0.2) is 0 Å². The summed E-state index contributed by atoms with van der Waals surface area (Å²) >= 11 is 0. The van der Waals surface area contributed by atoms with Gasteiger partial charge >= 0.3 is 5.97 Å². The van der Waals surface area contributed by atoms with Crippen molar-refractivity contribution in [2.45, 2.75) is 33.2 Å². The number of aryl methyl sites for hydroxylation is 2. The van der Waals surface area contributed by atoms with E-state index >= 15 is 0 Å². The van der Waals surface area contributed by atoms with Crippen LogP contribution in [0.3, 0.4) is 0 Å². The molecule has 0 heterocycles. The Morgan fingerprint density at radius 2 is 2.11 bits per heavy atom. The maximum Gasteiger partial charge on any atom is 0.313 e. The lowest BCUT2D eigenvalue weighted by Gasteiger charge is -2.14. The molecular weight excluding hydrogens is 226 g/mol. The Balaban J connectivity index is 1.89. The minimum Gasteiger partial charge on any atom is -0.469 e. The third-order valence-electron chi connectivity index (χ3n) is 3.76. The molecule has 0 aromatic heterocycles. The smallest absolute Gasteiger partial charge is 0.313 e. The molecule has 18 heavy (non-hydrogen) atoms. The highest BCUT2D eigenvalue weighted by Crippen LogP contribution is 2.46. The molecule has 1 aliphatic carbocycles. The molecule has 0 radical (unpaired) electrons. The average Bonchev–Trinajstić information content (AvgIpc) is 3.14. The van der Waals surface area contributed by atoms with E-state index < -0.39 is 0 Å². The molecule has 2 rings (SSSR count). The number of carbonyl (C=O) groups excluding carboxylic acids is 1. The SMILES string of the molecule is COC(=O)C1(CNCc2cc(C)ccc2C)CC1. The predicted molar refractivity (Wildman–Crippen MR) is 71.3 cm³/mol. The topological polar surface area (TPSA) is 38.3 Å². The van der Waals surface area contributed by atoms with Gasteiger partial charge < -0.3 is 10.1 Å². The first-order chi connectivity index (χ1) is 8.57. The molecule has 0 spiro atoms. The second-order valence-corrected chi connectivity index (χ2v) is 5.31. The Bertz CT molecular complexity index is 450. The molecule has 98 valence electrons. The van der Waals surface area contributed by atoms with Crippen molar-refractivity contribution in [1.29, 1.82) is 0 Å². The average molecular weight is 247 g/mol. The molecule has 1 aromatic rings. The van der Waals surface area contributed by atoms with Gasteiger partial charge in [0.15, 0.2) is 0 Å². The van der Waals surface area contributed by atoms with Crippen molar-refractivity contribution in [3.05, 3.63) is 34.9 Å². The number of ether oxygens (including phenoxy) is 1. The molecule has 0 bridgehead atoms. The largest absolute Gasteiger partial charge is 0.469 e. The normalized spacial score (nSPS) is 16.4. The summed E-state index contributed by atoms with van der Waals surface area (Å²) < 4.78 is 4.84. The number of hydrogen-bond donors (Lipinski definition) is 1. The van der Waals surface area contributed by atoms with Gasteiger partial charge in [0.1, 0.15) is 0 Å². The van der Waals surface area contributed by atoms with Gasteiger partial charge in [-0.2, -0.15) is 0 Å². The zero-order valence-corrected chi connectivity index (χ0v) is 11.4. The number of carbonyl (C=O) groups is 1. The summed E-state index contributed by atoms with van der Waals surface area (Å²) in [7, 11) is 1.47. The summed E-state index contributed by atoms with van der Waals surface area (Å²) in [6.07, 6.45) is 1.89. The second kappa shape index (κ2) is 5.11. The zero-order valence-electron chi connectivity index (χ0n) is 11.4. The predicted octanol–water partition coefficient (Wildman–Crippen LogP) is 2.35. The van der Waals surface area contributed by atoms with Crippen molar-refractivity contribution in [3.8, 4) is 0 Å². The Morgan fingerprint density at radius 3 is 2.72 bits per heavy atom. The van der Waals surface area contributed by atoms with E-state index in [0.29, 0.717) is 6.54 Å². The fourth-order valence-electron chi connectivity index (χ4n) is 2.25. The third-order valence-corrected chi connectivity index (χ3v) is 3.76. The van der Waals surface area contributed by atoms with Crippen LogP contribution in [0.5, 0.6) is 0 Å². The highest BCUT2D eigenvalue weighted by atomic mass is 16.5. The molecule has 0 aliphatic heterocycles. The number of hydrogen-bond acceptors (Lipinski definition) is 3. The summed E-state index contributed by atoms with van der Waals surface area (Å²) in [6, 6.07) is 6.45. The fraction of sp³-hybridized carbons (Fsp3) is 0.533. The van der Waals surface area contributed by atoms with E-state index in [1.165, 1.54) is 23.8 Å². The molecule has 3 heteroatoms. The molecule has 3 nitrogen and oxygen atoms in total. The summed E-state index contributed by atoms with van der Waals surface area (Å²) in [5.41, 5.74) is 3.62. The lowest BCUT2D eigenvalue weighted by Crippen LogP contribution is -2.30. The maximum atomic E-state index is 11.6. The van der Waals surface area contributed by atoms with Gasteiger partial charge in [-0.1, -0.05) is 23.8 Å². The molecular formula is C15H21NO2. The van der Waals surface area contributed by atoms with Crippen molar-refractivity contribution < 1.29 is 9.53 Å². The summed E-state index contributed by atoms with van der Waals surface area (Å²) in [6.45, 7) is 5.74. The van der Waals surface area contributed by atoms with Gasteiger partial charge in [-0.15, -0.1) is 0 Å². The lowest BCUT2D eigenvalue weighted by molar-refractivity contribution is -0.146. The first-order valence-corrected chi connectivity index (χ1v) is 6.43. The highest BCUT2D eigenvalue weighted by Gasteiger charge is 2.50. The van der Waals surface area contributed by atoms with E-state index in [0.717, 1.165) is 19.4 Å². The quantitative estimate of drug-likeness (QED) is 0.812. The van der Waals surface area contributed by atoms with Crippen LogP contribution in [0.1, 0.15) is 29.5 Å². The minimum atomic E-state index is -0.244. The standard InChI is InChI=1S/C15H21NO2/c1-11-4-5-12(2)13(8-11)9-16-10-15(6-7-15)14(17)18-3/h4-5,8,16H,6-7,9-10H2,1-3H3. The first-order valence-electron chi connectivity index (χ1n) is 6.43. The molecule has 0 amide bonds. The van der Waals surface area contributed by atoms with Crippen LogP contribution >= 0.6 is 0 Å². The minimum absolute atomic E-state index is 0.0732. The zero-order chi connectivity index (χ0) is 13.2. The number of benzene rings is 1. The number of rotatable bonds is 5. The van der Waals surface area contributed by atoms with Crippen molar-refractivity contribution in [1.82, 2.24) is 5.32 Å². The van der Waals surface area contributed by atoms with E-state index in [1.807, 2.05) is 0 Å². The van der Waals surface area contributed by atoms with Crippen molar-refractivity contribution in [2.75, 3.05) is 13.7 Å². The van der Waals surface area contributed by atoms with Crippen LogP contribution in [-0.2, 0) is 16.1 Å². The first kappa shape index (κ1) is 13.1. The van der Waals surface area contributed by atoms with Crippen LogP contribution in [-0.4, -0.2) is 19.6 Å². The third kappa shape index (κ3) is 2.72. The molecule has 0 saturated heterocycles. The Labute approximate surface area is 109 Å². The van der Waals surface area contributed by atoms with Gasteiger partial charge in [0, 0.05) is 13.1 Å². The highest BCUT2D eigenvalue weighted by molar-refractivity contribution is 5.80. The van der Waals surface area contributed by atoms with Crippen LogP contribution in [0.4, 0.5) is 0 Å². The Kier molecular flexibility index (Phi) is 3.71. The molecule has 1 fully saturated rings. The lowest BCUT2D eigenvalue weighted by atomic mass is 10.0. The van der Waals surface area contributed by atoms with Crippen LogP contribution < -0.4 is 5.32 Å². The Morgan fingerprint density at radius 1 is 1.39 bits per heavy atom. The monoisotopic (exact) mass is 247 g/mol. The van der Waals surface area contributed by atoms with Crippen molar-refractivity contribution >= 4 is 5.97 Å². The van der Waals surface area contributed by atoms with Crippen LogP contribution in [0, 0.1) is 19.3 Å². The molecule has 1 saturated carbocycles. The van der Waals surface area contributed by atoms with Gasteiger partial charge in [-0.3, -0.25) is 4.79 Å². The number of esters is 1.